The molecule has 0 aromatic heterocycles. The van der Waals surface area contributed by atoms with Crippen molar-refractivity contribution in [3.05, 3.63) is 146 Å². The maximum Gasteiger partial charge on any atom is 1.00 e. The Kier molecular flexibility index (Phi) is 26.8. The molecule has 48 heteroatoms. The number of aromatic hydroxyl groups is 2. The second-order valence-corrected chi connectivity index (χ2v) is 30.6. The summed E-state index contributed by atoms with van der Waals surface area (Å²) in [4.78, 5) is -6.19. The van der Waals surface area contributed by atoms with Gasteiger partial charge in [0, 0.05) is 43.7 Å². The first-order valence-electron chi connectivity index (χ1n) is 25.2. The molecule has 0 aliphatic rings. The van der Waals surface area contributed by atoms with Gasteiger partial charge in [0.05, 0.1) is 73.3 Å². The molecule has 10 rings (SSSR count). The molecular formula is C52H34N10Na4O26S8. The number of azo groups is 4. The van der Waals surface area contributed by atoms with Gasteiger partial charge in [-0.2, -0.15) is 43.9 Å². The molecule has 0 amide bonds. The molecule has 0 aliphatic carbocycles. The minimum absolute atomic E-state index is 0. The number of fused-ring (bicyclic) bond motifs is 4. The number of nitrogens with zero attached hydrogens (tertiary/aromatic N) is 8. The van der Waals surface area contributed by atoms with Crippen molar-refractivity contribution in [2.75, 3.05) is 11.5 Å². The molecular weight excluding hydrogens is 1530 g/mol. The summed E-state index contributed by atoms with van der Waals surface area (Å²) in [6.07, 6.45) is 0. The number of rotatable bonds is 16. The molecule has 0 saturated carbocycles. The zero-order valence-corrected chi connectivity index (χ0v) is 65.2. The smallest absolute Gasteiger partial charge is 0.744 e. The van der Waals surface area contributed by atoms with Gasteiger partial charge in [0.2, 0.25) is 0 Å². The third kappa shape index (κ3) is 19.5. The van der Waals surface area contributed by atoms with Crippen LogP contribution >= 0.6 is 0 Å². The topological polar surface area (TPSA) is 638 Å². The average molecular weight is 1560 g/mol. The van der Waals surface area contributed by atoms with Crippen molar-refractivity contribution in [3.63, 3.8) is 0 Å². The van der Waals surface area contributed by atoms with E-state index >= 15 is 0 Å². The Hall–Kier alpha value is -5.88. The number of phenols is 2. The standard InChI is InChI=1S/2C26H19N5O13S4.4Na/c2*27-20-12-18-13(9-23(20)47(39,40)41)10-24(48(42,43)44)25(26(18)32)31-30-22-8-7-21(17-6-5-16(11-19(17)22)46(36,37)38)29-28-14-1-3-15(4-2-14)45(33,34)35;;;;/h2*1-12,32H,27H2,(H,33,34,35)(H,36,37,38)(H,39,40,41)(H,42,43,44);;;;/q;;4*+1/p-4. The van der Waals surface area contributed by atoms with E-state index in [9.17, 15) is 105 Å². The summed E-state index contributed by atoms with van der Waals surface area (Å²) in [5.74, 6) is -1.97. The number of benzene rings is 10. The Balaban J connectivity index is 0.000000347. The molecule has 500 valence electrons. The number of hydrogen-bond acceptors (Lipinski definition) is 32. The van der Waals surface area contributed by atoms with E-state index in [4.69, 9.17) is 20.6 Å². The zero-order valence-electron chi connectivity index (χ0n) is 50.7. The normalized spacial score (nSPS) is 12.7. The third-order valence-electron chi connectivity index (χ3n) is 13.3. The van der Waals surface area contributed by atoms with Gasteiger partial charge in [-0.1, -0.05) is 12.1 Å². The van der Waals surface area contributed by atoms with Gasteiger partial charge >= 0.3 is 118 Å². The van der Waals surface area contributed by atoms with Crippen LogP contribution < -0.4 is 130 Å². The summed E-state index contributed by atoms with van der Waals surface area (Å²) in [7, 11) is -39.6. The molecule has 0 heterocycles. The molecule has 10 N–H and O–H groups in total. The molecule has 10 aromatic rings. The van der Waals surface area contributed by atoms with Crippen molar-refractivity contribution in [1.29, 1.82) is 0 Å². The maximum absolute atomic E-state index is 12.1. The monoisotopic (exact) mass is 1560 g/mol. The number of phenolic OH excluding ortho intramolecular Hbond substituents is 2. The third-order valence-corrected chi connectivity index (χ3v) is 20.2. The number of nitrogens with two attached hydrogens (primary N) is 2. The molecule has 0 fully saturated rings. The Bertz CT molecular complexity index is 5760. The van der Waals surface area contributed by atoms with Gasteiger partial charge in [0.1, 0.15) is 51.8 Å². The molecule has 0 spiro atoms. The molecule has 0 aliphatic heterocycles. The summed E-state index contributed by atoms with van der Waals surface area (Å²) in [6.45, 7) is 0. The van der Waals surface area contributed by atoms with E-state index in [0.717, 1.165) is 60.7 Å². The quantitative estimate of drug-likeness (QED) is 0.0205. The minimum atomic E-state index is -5.44. The van der Waals surface area contributed by atoms with E-state index in [-0.39, 0.29) is 195 Å². The number of hydrogen-bond donors (Lipinski definition) is 8. The summed E-state index contributed by atoms with van der Waals surface area (Å²) in [5, 5.41) is 52.0. The zero-order chi connectivity index (χ0) is 70.8. The predicted octanol–water partition coefficient (Wildman–Crippen LogP) is -3.16. The van der Waals surface area contributed by atoms with Crippen molar-refractivity contribution in [1.82, 2.24) is 0 Å². The van der Waals surface area contributed by atoms with Crippen LogP contribution in [0.5, 0.6) is 11.5 Å². The second kappa shape index (κ2) is 31.6. The Morgan fingerprint density at radius 1 is 0.280 bits per heavy atom. The van der Waals surface area contributed by atoms with E-state index in [2.05, 4.69) is 40.9 Å². The van der Waals surface area contributed by atoms with Crippen molar-refractivity contribution in [2.24, 2.45) is 40.9 Å². The van der Waals surface area contributed by atoms with E-state index in [1.807, 2.05) is 0 Å². The van der Waals surface area contributed by atoms with Gasteiger partial charge in [0.25, 0.3) is 40.5 Å². The molecule has 0 unspecified atom stereocenters. The van der Waals surface area contributed by atoms with Gasteiger partial charge in [-0.15, -0.1) is 30.7 Å². The number of anilines is 2. The molecule has 10 aromatic carbocycles. The first kappa shape index (κ1) is 84.8. The molecule has 0 atom stereocenters. The summed E-state index contributed by atoms with van der Waals surface area (Å²) < 4.78 is 272. The van der Waals surface area contributed by atoms with Crippen molar-refractivity contribution in [2.45, 2.75) is 39.2 Å². The van der Waals surface area contributed by atoms with Crippen LogP contribution in [-0.4, -0.2) is 114 Å². The fraction of sp³-hybridized carbons (Fsp3) is 0. The van der Waals surface area contributed by atoms with Crippen molar-refractivity contribution < 1.29 is 232 Å². The van der Waals surface area contributed by atoms with Gasteiger partial charge < -0.3 is 39.9 Å². The summed E-state index contributed by atoms with van der Waals surface area (Å²) >= 11 is 0. The Morgan fingerprint density at radius 3 is 0.800 bits per heavy atom. The fourth-order valence-electron chi connectivity index (χ4n) is 8.85. The van der Waals surface area contributed by atoms with E-state index < -0.39 is 154 Å². The maximum atomic E-state index is 12.1. The molecule has 0 radical (unpaired) electrons. The van der Waals surface area contributed by atoms with Crippen molar-refractivity contribution >= 4 is 181 Å². The van der Waals surface area contributed by atoms with Crippen LogP contribution in [0, 0.1) is 0 Å². The second-order valence-electron chi connectivity index (χ2n) is 19.5. The van der Waals surface area contributed by atoms with Crippen LogP contribution in [-0.2, 0) is 80.9 Å². The van der Waals surface area contributed by atoms with Crippen LogP contribution in [0.4, 0.5) is 56.9 Å². The van der Waals surface area contributed by atoms with Gasteiger partial charge in [-0.3, -0.25) is 18.2 Å². The predicted molar refractivity (Wildman–Crippen MR) is 329 cm³/mol. The summed E-state index contributed by atoms with van der Waals surface area (Å²) in [6, 6.07) is 25.0. The van der Waals surface area contributed by atoms with Gasteiger partial charge in [-0.25, -0.2) is 33.7 Å². The average Bonchev–Trinajstić information content (AvgIpc) is 0.846. The van der Waals surface area contributed by atoms with E-state index in [0.29, 0.717) is 24.3 Å². The van der Waals surface area contributed by atoms with E-state index in [1.165, 1.54) is 60.7 Å². The first-order chi connectivity index (χ1) is 44.3. The van der Waals surface area contributed by atoms with Crippen molar-refractivity contribution in [3.8, 4) is 11.5 Å². The summed E-state index contributed by atoms with van der Waals surface area (Å²) in [5.41, 5.74) is 8.33. The van der Waals surface area contributed by atoms with Crippen LogP contribution in [0.25, 0.3) is 43.1 Å². The minimum Gasteiger partial charge on any atom is -0.744 e. The number of nitrogen functional groups attached to an aromatic ring is 2. The van der Waals surface area contributed by atoms with E-state index in [1.54, 1.807) is 0 Å². The van der Waals surface area contributed by atoms with Gasteiger partial charge in [0.15, 0.2) is 11.5 Å². The Labute approximate surface area is 653 Å². The SMILES string of the molecule is Nc1cc2c(O)c(N=Nc3ccc(N=Nc4ccc(S(=O)(=O)O)cc4)c4ccc(S(=O)(=O)O)cc34)c(S(=O)(=O)[O-])cc2cc1S(=O)(=O)[O-].Nc1cc2c(O)c(N=Nc3ccc(N=Nc4ccc(S(=O)(=O)O)cc4)c4ccc(S(=O)(=O)O)cc34)c(S(=O)(=O)[O-])cc2cc1S(=O)(=O)[O-].[Na+].[Na+].[Na+].[Na+]. The van der Waals surface area contributed by atoms with Crippen LogP contribution in [0.3, 0.4) is 0 Å². The Morgan fingerprint density at radius 2 is 0.530 bits per heavy atom. The fourth-order valence-corrected chi connectivity index (χ4v) is 13.4. The molecule has 0 saturated heterocycles. The van der Waals surface area contributed by atoms with Crippen LogP contribution in [0.2, 0.25) is 0 Å². The van der Waals surface area contributed by atoms with Crippen LogP contribution in [0.1, 0.15) is 0 Å². The van der Waals surface area contributed by atoms with Crippen LogP contribution in [0.15, 0.2) is 226 Å². The molecule has 36 nitrogen and oxygen atoms in total. The molecule has 0 bridgehead atoms. The van der Waals surface area contributed by atoms with Gasteiger partial charge in [-0.05, 0) is 144 Å². The first-order valence-corrected chi connectivity index (χ1v) is 36.6. The molecule has 100 heavy (non-hydrogen) atoms. The largest absolute Gasteiger partial charge is 1.00 e.